The summed E-state index contributed by atoms with van der Waals surface area (Å²) in [7, 11) is 0. The number of hydrogen-bond donors (Lipinski definition) is 1. The average Bonchev–Trinajstić information content (AvgIpc) is 3.19. The average molecular weight is 368 g/mol. The van der Waals surface area contributed by atoms with Gasteiger partial charge in [0.15, 0.2) is 0 Å². The van der Waals surface area contributed by atoms with Crippen LogP contribution in [0.25, 0.3) is 16.9 Å². The van der Waals surface area contributed by atoms with Crippen LogP contribution < -0.4 is 5.32 Å². The van der Waals surface area contributed by atoms with E-state index in [0.29, 0.717) is 12.2 Å². The highest BCUT2D eigenvalue weighted by Gasteiger charge is 2.17. The summed E-state index contributed by atoms with van der Waals surface area (Å²) >= 11 is 0. The number of pyridine rings is 1. The molecule has 0 aliphatic rings. The minimum Gasteiger partial charge on any atom is -0.347 e. The fraction of sp³-hybridized carbons (Fsp3) is 0.0870. The van der Waals surface area contributed by atoms with Gasteiger partial charge in [-0.15, -0.1) is 0 Å². The minimum absolute atomic E-state index is 0.181. The number of benzene rings is 2. The number of rotatable bonds is 5. The van der Waals surface area contributed by atoms with E-state index >= 15 is 0 Å². The summed E-state index contributed by atoms with van der Waals surface area (Å²) in [5, 5.41) is 7.66. The molecule has 5 nitrogen and oxygen atoms in total. The molecule has 0 unspecified atom stereocenters. The van der Waals surface area contributed by atoms with Crippen molar-refractivity contribution in [3.8, 4) is 16.9 Å². The van der Waals surface area contributed by atoms with Crippen LogP contribution in [-0.4, -0.2) is 20.7 Å². The Morgan fingerprint density at radius 1 is 1.00 bits per heavy atom. The Balaban J connectivity index is 1.68. The van der Waals surface area contributed by atoms with E-state index in [1.807, 2.05) is 79.7 Å². The Morgan fingerprint density at radius 3 is 2.50 bits per heavy atom. The van der Waals surface area contributed by atoms with Gasteiger partial charge in [-0.1, -0.05) is 54.1 Å². The second-order valence-electron chi connectivity index (χ2n) is 6.57. The second kappa shape index (κ2) is 7.88. The van der Waals surface area contributed by atoms with Crippen molar-refractivity contribution in [1.29, 1.82) is 0 Å². The third kappa shape index (κ3) is 3.83. The third-order valence-corrected chi connectivity index (χ3v) is 4.47. The summed E-state index contributed by atoms with van der Waals surface area (Å²) in [6.45, 7) is 2.44. The lowest BCUT2D eigenvalue weighted by atomic mass is 10.1. The molecular formula is C23H20N4O. The van der Waals surface area contributed by atoms with E-state index in [1.54, 1.807) is 17.1 Å². The monoisotopic (exact) mass is 368 g/mol. The molecule has 1 amide bonds. The fourth-order valence-electron chi connectivity index (χ4n) is 2.95. The van der Waals surface area contributed by atoms with Crippen molar-refractivity contribution in [2.75, 3.05) is 0 Å². The summed E-state index contributed by atoms with van der Waals surface area (Å²) < 4.78 is 1.69. The van der Waals surface area contributed by atoms with Crippen molar-refractivity contribution in [2.24, 2.45) is 0 Å². The van der Waals surface area contributed by atoms with Gasteiger partial charge in [0.05, 0.1) is 11.4 Å². The van der Waals surface area contributed by atoms with E-state index in [-0.39, 0.29) is 5.91 Å². The molecule has 0 aliphatic heterocycles. The summed E-state index contributed by atoms with van der Waals surface area (Å²) in [4.78, 5) is 17.0. The molecule has 0 aliphatic carbocycles. The quantitative estimate of drug-likeness (QED) is 0.575. The number of carbonyl (C=O) groups is 1. The van der Waals surface area contributed by atoms with Crippen molar-refractivity contribution in [3.63, 3.8) is 0 Å². The van der Waals surface area contributed by atoms with Crippen molar-refractivity contribution < 1.29 is 4.79 Å². The predicted octanol–water partition coefficient (Wildman–Crippen LogP) is 4.17. The Labute approximate surface area is 163 Å². The molecule has 2 aromatic heterocycles. The van der Waals surface area contributed by atoms with Crippen LogP contribution in [0.4, 0.5) is 0 Å². The maximum Gasteiger partial charge on any atom is 0.270 e. The van der Waals surface area contributed by atoms with E-state index in [4.69, 9.17) is 5.10 Å². The Bertz CT molecular complexity index is 1070. The largest absolute Gasteiger partial charge is 0.347 e. The molecular weight excluding hydrogens is 348 g/mol. The van der Waals surface area contributed by atoms with Gasteiger partial charge in [0.25, 0.3) is 5.91 Å². The number of hydrogen-bond acceptors (Lipinski definition) is 3. The fourth-order valence-corrected chi connectivity index (χ4v) is 2.95. The normalized spacial score (nSPS) is 10.6. The highest BCUT2D eigenvalue weighted by Crippen LogP contribution is 2.22. The first-order chi connectivity index (χ1) is 13.7. The van der Waals surface area contributed by atoms with Crippen molar-refractivity contribution >= 4 is 5.91 Å². The van der Waals surface area contributed by atoms with Crippen molar-refractivity contribution in [3.05, 3.63) is 102 Å². The summed E-state index contributed by atoms with van der Waals surface area (Å²) in [5.74, 6) is -0.181. The van der Waals surface area contributed by atoms with Gasteiger partial charge in [0.1, 0.15) is 5.69 Å². The third-order valence-electron chi connectivity index (χ3n) is 4.47. The molecule has 1 N–H and O–H groups in total. The summed E-state index contributed by atoms with van der Waals surface area (Å²) in [6.07, 6.45) is 3.46. The van der Waals surface area contributed by atoms with Crippen molar-refractivity contribution in [1.82, 2.24) is 20.1 Å². The first kappa shape index (κ1) is 17.7. The van der Waals surface area contributed by atoms with E-state index in [2.05, 4.69) is 10.3 Å². The van der Waals surface area contributed by atoms with Gasteiger partial charge in [-0.25, -0.2) is 4.68 Å². The van der Waals surface area contributed by atoms with Crippen LogP contribution in [0.1, 0.15) is 21.6 Å². The summed E-state index contributed by atoms with van der Waals surface area (Å²) in [6, 6.07) is 23.4. The van der Waals surface area contributed by atoms with Gasteiger partial charge in [0, 0.05) is 24.5 Å². The molecule has 2 heterocycles. The lowest BCUT2D eigenvalue weighted by Gasteiger charge is -2.08. The van der Waals surface area contributed by atoms with E-state index < -0.39 is 0 Å². The maximum atomic E-state index is 12.9. The zero-order valence-corrected chi connectivity index (χ0v) is 15.5. The summed E-state index contributed by atoms with van der Waals surface area (Å²) in [5.41, 5.74) is 5.16. The van der Waals surface area contributed by atoms with Gasteiger partial charge in [0.2, 0.25) is 0 Å². The Morgan fingerprint density at radius 2 is 1.79 bits per heavy atom. The molecule has 4 rings (SSSR count). The van der Waals surface area contributed by atoms with Crippen LogP contribution in [0, 0.1) is 6.92 Å². The molecule has 0 spiro atoms. The molecule has 5 heteroatoms. The first-order valence-electron chi connectivity index (χ1n) is 9.10. The van der Waals surface area contributed by atoms with E-state index in [0.717, 1.165) is 28.1 Å². The number of aromatic nitrogens is 3. The molecule has 4 aromatic rings. The lowest BCUT2D eigenvalue weighted by molar-refractivity contribution is 0.0943. The Kier molecular flexibility index (Phi) is 4.97. The molecule has 0 atom stereocenters. The zero-order chi connectivity index (χ0) is 19.3. The second-order valence-corrected chi connectivity index (χ2v) is 6.57. The SMILES string of the molecule is Cc1ccc(-n2nc(-c3ccccc3)cc2C(=O)NCc2cccnc2)cc1. The molecule has 138 valence electrons. The number of amides is 1. The van der Waals surface area contributed by atoms with Gasteiger partial charge in [-0.05, 0) is 36.8 Å². The van der Waals surface area contributed by atoms with Crippen LogP contribution >= 0.6 is 0 Å². The molecule has 0 saturated heterocycles. The number of nitrogens with one attached hydrogen (secondary N) is 1. The van der Waals surface area contributed by atoms with E-state index in [9.17, 15) is 4.79 Å². The topological polar surface area (TPSA) is 59.8 Å². The van der Waals surface area contributed by atoms with Gasteiger partial charge in [-0.2, -0.15) is 5.10 Å². The minimum atomic E-state index is -0.181. The Hall–Kier alpha value is -3.73. The first-order valence-corrected chi connectivity index (χ1v) is 9.10. The maximum absolute atomic E-state index is 12.9. The standard InChI is InChI=1S/C23H20N4O/c1-17-9-11-20(12-10-17)27-22(14-21(26-27)19-7-3-2-4-8-19)23(28)25-16-18-6-5-13-24-15-18/h2-15H,16H2,1H3,(H,25,28). The van der Waals surface area contributed by atoms with E-state index in [1.165, 1.54) is 0 Å². The number of nitrogens with zero attached hydrogens (tertiary/aromatic N) is 3. The van der Waals surface area contributed by atoms with Crippen LogP contribution in [-0.2, 0) is 6.54 Å². The van der Waals surface area contributed by atoms with Gasteiger partial charge >= 0.3 is 0 Å². The van der Waals surface area contributed by atoms with Crippen molar-refractivity contribution in [2.45, 2.75) is 13.5 Å². The highest BCUT2D eigenvalue weighted by atomic mass is 16.2. The molecule has 0 bridgehead atoms. The van der Waals surface area contributed by atoms with Crippen LogP contribution in [0.3, 0.4) is 0 Å². The predicted molar refractivity (Wildman–Crippen MR) is 109 cm³/mol. The molecule has 0 radical (unpaired) electrons. The van der Waals surface area contributed by atoms with Crippen LogP contribution in [0.2, 0.25) is 0 Å². The molecule has 28 heavy (non-hydrogen) atoms. The number of aryl methyl sites for hydroxylation is 1. The lowest BCUT2D eigenvalue weighted by Crippen LogP contribution is -2.25. The number of carbonyl (C=O) groups excluding carboxylic acids is 1. The molecule has 0 fully saturated rings. The van der Waals surface area contributed by atoms with Crippen LogP contribution in [0.15, 0.2) is 85.2 Å². The highest BCUT2D eigenvalue weighted by molar-refractivity contribution is 5.94. The molecule has 2 aromatic carbocycles. The molecule has 0 saturated carbocycles. The van der Waals surface area contributed by atoms with Crippen LogP contribution in [0.5, 0.6) is 0 Å². The zero-order valence-electron chi connectivity index (χ0n) is 15.5. The van der Waals surface area contributed by atoms with Gasteiger partial charge in [-0.3, -0.25) is 9.78 Å². The van der Waals surface area contributed by atoms with Gasteiger partial charge < -0.3 is 5.32 Å². The smallest absolute Gasteiger partial charge is 0.270 e.